The minimum Gasteiger partial charge on any atom is -0.489 e. The number of benzene rings is 1. The Bertz CT molecular complexity index is 1320. The van der Waals surface area contributed by atoms with E-state index in [1.54, 1.807) is 12.4 Å². The van der Waals surface area contributed by atoms with E-state index in [1.807, 2.05) is 30.3 Å². The fourth-order valence-electron chi connectivity index (χ4n) is 5.52. The molecule has 4 unspecified atom stereocenters. The van der Waals surface area contributed by atoms with Gasteiger partial charge in [-0.15, -0.1) is 0 Å². The van der Waals surface area contributed by atoms with E-state index in [-0.39, 0.29) is 23.8 Å². The minimum absolute atomic E-state index is 0.0347. The van der Waals surface area contributed by atoms with E-state index in [0.717, 1.165) is 52.6 Å². The van der Waals surface area contributed by atoms with Crippen molar-refractivity contribution < 1.29 is 9.53 Å². The lowest BCUT2D eigenvalue weighted by molar-refractivity contribution is -0.122. The molecule has 2 heterocycles. The van der Waals surface area contributed by atoms with Crippen LogP contribution < -0.4 is 15.8 Å². The highest BCUT2D eigenvalue weighted by Crippen LogP contribution is 2.45. The van der Waals surface area contributed by atoms with Crippen LogP contribution in [-0.2, 0) is 24.2 Å². The first-order valence-electron chi connectivity index (χ1n) is 12.1. The third-order valence-electron chi connectivity index (χ3n) is 7.15. The van der Waals surface area contributed by atoms with Crippen molar-refractivity contribution >= 4 is 17.8 Å². The standard InChI is InChI=1S/C28H27N5O2/c29-27(34)25-19-9-10-20(14-19)26(25)33-28-22-7-2-8-23(22)31-24(32-28)13-17-4-1-6-21(12-17)35-16-18-5-3-11-30-15-18/h1-7,9-12,15,19-20,25-26H,8,13-14,16H2,(H2,29,34)(H,31,32,33). The van der Waals surface area contributed by atoms with Crippen LogP contribution in [0, 0.1) is 17.8 Å². The molecule has 2 aromatic heterocycles. The van der Waals surface area contributed by atoms with E-state index in [9.17, 15) is 4.79 Å². The second kappa shape index (κ2) is 8.98. The van der Waals surface area contributed by atoms with Gasteiger partial charge in [-0.3, -0.25) is 9.78 Å². The minimum atomic E-state index is -0.246. The van der Waals surface area contributed by atoms with Gasteiger partial charge < -0.3 is 15.8 Å². The number of nitrogens with zero attached hydrogens (tertiary/aromatic N) is 3. The smallest absolute Gasteiger partial charge is 0.223 e. The van der Waals surface area contributed by atoms with Crippen LogP contribution in [0.25, 0.3) is 6.08 Å². The van der Waals surface area contributed by atoms with Gasteiger partial charge in [0.1, 0.15) is 24.0 Å². The summed E-state index contributed by atoms with van der Waals surface area (Å²) in [5.41, 5.74) is 9.89. The van der Waals surface area contributed by atoms with Gasteiger partial charge in [0, 0.05) is 42.4 Å². The molecule has 7 nitrogen and oxygen atoms in total. The maximum Gasteiger partial charge on any atom is 0.223 e. The Kier molecular flexibility index (Phi) is 5.52. The molecular weight excluding hydrogens is 438 g/mol. The lowest BCUT2D eigenvalue weighted by Gasteiger charge is -2.28. The molecule has 3 aliphatic rings. The molecule has 7 heteroatoms. The number of carbonyl (C=O) groups excluding carboxylic acids is 1. The molecule has 3 aliphatic carbocycles. The summed E-state index contributed by atoms with van der Waals surface area (Å²) in [4.78, 5) is 26.1. The molecular formula is C28H27N5O2. The lowest BCUT2D eigenvalue weighted by atomic mass is 9.88. The van der Waals surface area contributed by atoms with Crippen LogP contribution >= 0.6 is 0 Å². The Balaban J connectivity index is 1.22. The number of fused-ring (bicyclic) bond motifs is 3. The van der Waals surface area contributed by atoms with Crippen molar-refractivity contribution in [2.75, 3.05) is 5.32 Å². The molecule has 35 heavy (non-hydrogen) atoms. The van der Waals surface area contributed by atoms with Crippen LogP contribution in [0.5, 0.6) is 5.75 Å². The SMILES string of the molecule is NC(=O)C1C2C=CC(C2)C1Nc1nc(Cc2cccc(OCc3cccnc3)c2)nc2c1C=CC2. The highest BCUT2D eigenvalue weighted by atomic mass is 16.5. The fraction of sp³-hybridized carbons (Fsp3) is 0.286. The first kappa shape index (κ1) is 21.5. The molecule has 1 fully saturated rings. The van der Waals surface area contributed by atoms with Crippen molar-refractivity contribution in [3.63, 3.8) is 0 Å². The van der Waals surface area contributed by atoms with E-state index in [1.165, 1.54) is 0 Å². The molecule has 1 amide bonds. The van der Waals surface area contributed by atoms with Crippen LogP contribution in [0.2, 0.25) is 0 Å². The monoisotopic (exact) mass is 465 g/mol. The molecule has 0 spiro atoms. The number of primary amides is 1. The number of allylic oxidation sites excluding steroid dienone is 2. The van der Waals surface area contributed by atoms with Gasteiger partial charge in [-0.05, 0) is 42.0 Å². The van der Waals surface area contributed by atoms with Gasteiger partial charge in [0.15, 0.2) is 0 Å². The van der Waals surface area contributed by atoms with E-state index < -0.39 is 0 Å². The largest absolute Gasteiger partial charge is 0.489 e. The average Bonchev–Trinajstić information content (AvgIpc) is 3.60. The Morgan fingerprint density at radius 2 is 2.00 bits per heavy atom. The van der Waals surface area contributed by atoms with Crippen LogP contribution in [-0.4, -0.2) is 26.9 Å². The van der Waals surface area contributed by atoms with Crippen molar-refractivity contribution in [2.45, 2.75) is 31.9 Å². The quantitative estimate of drug-likeness (QED) is 0.492. The van der Waals surface area contributed by atoms with Crippen molar-refractivity contribution in [1.29, 1.82) is 0 Å². The second-order valence-electron chi connectivity index (χ2n) is 9.48. The third kappa shape index (κ3) is 4.30. The van der Waals surface area contributed by atoms with Gasteiger partial charge in [0.2, 0.25) is 5.91 Å². The zero-order valence-electron chi connectivity index (χ0n) is 19.3. The highest BCUT2D eigenvalue weighted by molar-refractivity contribution is 5.80. The van der Waals surface area contributed by atoms with Gasteiger partial charge in [0.25, 0.3) is 0 Å². The molecule has 176 valence electrons. The Morgan fingerprint density at radius 1 is 1.11 bits per heavy atom. The fourth-order valence-corrected chi connectivity index (χ4v) is 5.52. The molecule has 1 saturated carbocycles. The Labute approximate surface area is 204 Å². The molecule has 0 saturated heterocycles. The topological polar surface area (TPSA) is 103 Å². The van der Waals surface area contributed by atoms with Crippen molar-refractivity contribution in [2.24, 2.45) is 23.5 Å². The zero-order chi connectivity index (χ0) is 23.8. The van der Waals surface area contributed by atoms with Gasteiger partial charge in [-0.1, -0.05) is 42.5 Å². The first-order chi connectivity index (χ1) is 17.1. The predicted molar refractivity (Wildman–Crippen MR) is 133 cm³/mol. The molecule has 0 radical (unpaired) electrons. The summed E-state index contributed by atoms with van der Waals surface area (Å²) in [5.74, 6) is 2.39. The molecule has 3 N–H and O–H groups in total. The molecule has 2 bridgehead atoms. The Morgan fingerprint density at radius 3 is 2.86 bits per heavy atom. The number of rotatable bonds is 8. The molecule has 1 aromatic carbocycles. The van der Waals surface area contributed by atoms with Crippen LogP contribution in [0.3, 0.4) is 0 Å². The zero-order valence-corrected chi connectivity index (χ0v) is 19.3. The lowest BCUT2D eigenvalue weighted by Crippen LogP contribution is -2.41. The molecule has 6 rings (SSSR count). The number of carbonyl (C=O) groups is 1. The number of ether oxygens (including phenoxy) is 1. The summed E-state index contributed by atoms with van der Waals surface area (Å²) in [6.07, 6.45) is 14.4. The van der Waals surface area contributed by atoms with Gasteiger partial charge >= 0.3 is 0 Å². The van der Waals surface area contributed by atoms with Gasteiger partial charge in [0.05, 0.1) is 11.6 Å². The number of amides is 1. The summed E-state index contributed by atoms with van der Waals surface area (Å²) < 4.78 is 5.97. The predicted octanol–water partition coefficient (Wildman–Crippen LogP) is 3.70. The number of hydrogen-bond acceptors (Lipinski definition) is 6. The van der Waals surface area contributed by atoms with E-state index in [4.69, 9.17) is 20.4 Å². The Hall–Kier alpha value is -4.00. The molecule has 3 aromatic rings. The van der Waals surface area contributed by atoms with Gasteiger partial charge in [-0.25, -0.2) is 9.97 Å². The van der Waals surface area contributed by atoms with Crippen molar-refractivity contribution in [1.82, 2.24) is 15.0 Å². The number of hydrogen-bond donors (Lipinski definition) is 2. The average molecular weight is 466 g/mol. The maximum absolute atomic E-state index is 12.2. The van der Waals surface area contributed by atoms with E-state index in [2.05, 4.69) is 40.7 Å². The van der Waals surface area contributed by atoms with Crippen molar-refractivity contribution in [3.05, 3.63) is 95.2 Å². The number of anilines is 1. The number of aromatic nitrogens is 3. The van der Waals surface area contributed by atoms with Crippen LogP contribution in [0.4, 0.5) is 5.82 Å². The first-order valence-corrected chi connectivity index (χ1v) is 12.1. The molecule has 4 atom stereocenters. The van der Waals surface area contributed by atoms with Crippen LogP contribution in [0.1, 0.15) is 34.6 Å². The van der Waals surface area contributed by atoms with Crippen LogP contribution in [0.15, 0.2) is 67.0 Å². The number of nitrogens with one attached hydrogen (secondary N) is 1. The summed E-state index contributed by atoms with van der Waals surface area (Å²) in [7, 11) is 0. The normalized spacial score (nSPS) is 23.4. The third-order valence-corrected chi connectivity index (χ3v) is 7.15. The van der Waals surface area contributed by atoms with Gasteiger partial charge in [-0.2, -0.15) is 0 Å². The molecule has 0 aliphatic heterocycles. The maximum atomic E-state index is 12.2. The summed E-state index contributed by atoms with van der Waals surface area (Å²) >= 11 is 0. The number of pyridine rings is 1. The highest BCUT2D eigenvalue weighted by Gasteiger charge is 2.47. The van der Waals surface area contributed by atoms with Crippen molar-refractivity contribution in [3.8, 4) is 5.75 Å². The summed E-state index contributed by atoms with van der Waals surface area (Å²) in [6.45, 7) is 0.464. The summed E-state index contributed by atoms with van der Waals surface area (Å²) in [6, 6.07) is 11.9. The van der Waals surface area contributed by atoms with E-state index >= 15 is 0 Å². The summed E-state index contributed by atoms with van der Waals surface area (Å²) in [5, 5.41) is 3.60. The number of nitrogens with two attached hydrogens (primary N) is 1. The van der Waals surface area contributed by atoms with E-state index in [0.29, 0.717) is 18.9 Å². The second-order valence-corrected chi connectivity index (χ2v) is 9.48.